The smallest absolute Gasteiger partial charge is 0.226 e. The summed E-state index contributed by atoms with van der Waals surface area (Å²) in [6.07, 6.45) is 0. The molecule has 0 spiro atoms. The van der Waals surface area contributed by atoms with Crippen molar-refractivity contribution in [3.05, 3.63) is 42.1 Å². The van der Waals surface area contributed by atoms with E-state index in [0.29, 0.717) is 0 Å². The Balaban J connectivity index is 1.48. The topological polar surface area (TPSA) is 44.7 Å². The average Bonchev–Trinajstić information content (AvgIpc) is 2.62. The van der Waals surface area contributed by atoms with Crippen LogP contribution in [0.15, 0.2) is 36.4 Å². The molecule has 1 saturated heterocycles. The Morgan fingerprint density at radius 2 is 1.76 bits per heavy atom. The van der Waals surface area contributed by atoms with E-state index in [4.69, 9.17) is 4.74 Å². The maximum absolute atomic E-state index is 5.80. The second-order valence-electron chi connectivity index (χ2n) is 6.55. The predicted molar refractivity (Wildman–Crippen MR) is 102 cm³/mol. The number of benzene rings is 1. The summed E-state index contributed by atoms with van der Waals surface area (Å²) in [6.45, 7) is 7.71. The van der Waals surface area contributed by atoms with Crippen LogP contribution in [-0.2, 0) is 0 Å². The van der Waals surface area contributed by atoms with Crippen molar-refractivity contribution in [3.8, 4) is 5.75 Å². The maximum Gasteiger partial charge on any atom is 0.226 e. The van der Waals surface area contributed by atoms with Gasteiger partial charge >= 0.3 is 0 Å². The van der Waals surface area contributed by atoms with Gasteiger partial charge in [-0.2, -0.15) is 4.98 Å². The molecule has 2 aromatic rings. The molecule has 0 atom stereocenters. The molecule has 2 heterocycles. The Morgan fingerprint density at radius 3 is 2.44 bits per heavy atom. The zero-order chi connectivity index (χ0) is 17.6. The standard InChI is InChI=1S/C19H27N5O/c1-16-15-18(21-19(20-16)22(2)3)24-11-9-23(10-12-24)13-14-25-17-7-5-4-6-8-17/h4-8,15H,9-14H2,1-3H3. The monoisotopic (exact) mass is 341 g/mol. The fraction of sp³-hybridized carbons (Fsp3) is 0.474. The number of para-hydroxylation sites is 1. The van der Waals surface area contributed by atoms with Crippen LogP contribution >= 0.6 is 0 Å². The van der Waals surface area contributed by atoms with Crippen molar-refractivity contribution in [2.45, 2.75) is 6.92 Å². The highest BCUT2D eigenvalue weighted by molar-refractivity contribution is 5.45. The average molecular weight is 341 g/mol. The predicted octanol–water partition coefficient (Wildman–Crippen LogP) is 2.05. The molecule has 0 saturated carbocycles. The minimum atomic E-state index is 0.724. The van der Waals surface area contributed by atoms with Crippen molar-refractivity contribution in [2.75, 3.05) is 63.2 Å². The van der Waals surface area contributed by atoms with Crippen LogP contribution in [0, 0.1) is 6.92 Å². The highest BCUT2D eigenvalue weighted by Crippen LogP contribution is 2.18. The fourth-order valence-electron chi connectivity index (χ4n) is 2.91. The van der Waals surface area contributed by atoms with Gasteiger partial charge in [0.2, 0.25) is 5.95 Å². The molecule has 25 heavy (non-hydrogen) atoms. The molecular weight excluding hydrogens is 314 g/mol. The van der Waals surface area contributed by atoms with Gasteiger partial charge in [-0.25, -0.2) is 4.98 Å². The third kappa shape index (κ3) is 4.82. The highest BCUT2D eigenvalue weighted by Gasteiger charge is 2.19. The zero-order valence-electron chi connectivity index (χ0n) is 15.4. The second-order valence-corrected chi connectivity index (χ2v) is 6.55. The molecular formula is C19H27N5O. The van der Waals surface area contributed by atoms with Gasteiger partial charge in [0.1, 0.15) is 18.2 Å². The first-order valence-electron chi connectivity index (χ1n) is 8.80. The van der Waals surface area contributed by atoms with Gasteiger partial charge in [0, 0.05) is 58.6 Å². The van der Waals surface area contributed by atoms with E-state index in [-0.39, 0.29) is 0 Å². The van der Waals surface area contributed by atoms with Crippen LogP contribution < -0.4 is 14.5 Å². The number of aryl methyl sites for hydroxylation is 1. The molecule has 6 heteroatoms. The van der Waals surface area contributed by atoms with Gasteiger partial charge < -0.3 is 14.5 Å². The summed E-state index contributed by atoms with van der Waals surface area (Å²) in [5, 5.41) is 0. The van der Waals surface area contributed by atoms with Crippen molar-refractivity contribution >= 4 is 11.8 Å². The Morgan fingerprint density at radius 1 is 1.04 bits per heavy atom. The van der Waals surface area contributed by atoms with Gasteiger partial charge in [-0.05, 0) is 19.1 Å². The minimum absolute atomic E-state index is 0.724. The van der Waals surface area contributed by atoms with Crippen molar-refractivity contribution in [2.24, 2.45) is 0 Å². The molecule has 1 fully saturated rings. The number of nitrogens with zero attached hydrogens (tertiary/aromatic N) is 5. The molecule has 0 bridgehead atoms. The lowest BCUT2D eigenvalue weighted by molar-refractivity contribution is 0.200. The zero-order valence-corrected chi connectivity index (χ0v) is 15.4. The fourth-order valence-corrected chi connectivity index (χ4v) is 2.91. The molecule has 0 amide bonds. The summed E-state index contributed by atoms with van der Waals surface area (Å²) >= 11 is 0. The number of ether oxygens (including phenoxy) is 1. The summed E-state index contributed by atoms with van der Waals surface area (Å²) in [4.78, 5) is 15.9. The quantitative estimate of drug-likeness (QED) is 0.801. The van der Waals surface area contributed by atoms with Gasteiger partial charge in [0.05, 0.1) is 0 Å². The van der Waals surface area contributed by atoms with Crippen LogP contribution in [0.1, 0.15) is 5.69 Å². The highest BCUT2D eigenvalue weighted by atomic mass is 16.5. The lowest BCUT2D eigenvalue weighted by atomic mass is 10.3. The van der Waals surface area contributed by atoms with E-state index in [2.05, 4.69) is 25.8 Å². The largest absolute Gasteiger partial charge is 0.492 e. The van der Waals surface area contributed by atoms with Crippen LogP contribution in [0.4, 0.5) is 11.8 Å². The Labute approximate surface area is 150 Å². The first kappa shape index (κ1) is 17.5. The summed E-state index contributed by atoms with van der Waals surface area (Å²) in [7, 11) is 3.95. The summed E-state index contributed by atoms with van der Waals surface area (Å²) < 4.78 is 5.80. The molecule has 1 aromatic heterocycles. The first-order valence-corrected chi connectivity index (χ1v) is 8.80. The van der Waals surface area contributed by atoms with Crippen molar-refractivity contribution in [3.63, 3.8) is 0 Å². The van der Waals surface area contributed by atoms with Crippen LogP contribution in [-0.4, -0.2) is 68.3 Å². The molecule has 0 N–H and O–H groups in total. The third-order valence-corrected chi connectivity index (χ3v) is 4.34. The molecule has 0 aliphatic carbocycles. The lowest BCUT2D eigenvalue weighted by Crippen LogP contribution is -2.47. The van der Waals surface area contributed by atoms with Crippen LogP contribution in [0.2, 0.25) is 0 Å². The Hall–Kier alpha value is -2.34. The molecule has 6 nitrogen and oxygen atoms in total. The molecule has 1 aliphatic heterocycles. The summed E-state index contributed by atoms with van der Waals surface area (Å²) in [6, 6.07) is 12.1. The van der Waals surface area contributed by atoms with E-state index in [1.807, 2.05) is 56.3 Å². The number of anilines is 2. The molecule has 134 valence electrons. The molecule has 1 aliphatic rings. The van der Waals surface area contributed by atoms with Crippen molar-refractivity contribution < 1.29 is 4.74 Å². The Bertz CT molecular complexity index is 669. The maximum atomic E-state index is 5.80. The van der Waals surface area contributed by atoms with Crippen molar-refractivity contribution in [1.29, 1.82) is 0 Å². The van der Waals surface area contributed by atoms with E-state index in [9.17, 15) is 0 Å². The normalized spacial score (nSPS) is 15.2. The first-order chi connectivity index (χ1) is 12.1. The van der Waals surface area contributed by atoms with Gasteiger partial charge in [-0.15, -0.1) is 0 Å². The number of rotatable bonds is 6. The van der Waals surface area contributed by atoms with E-state index in [1.54, 1.807) is 0 Å². The van der Waals surface area contributed by atoms with Gasteiger partial charge in [0.25, 0.3) is 0 Å². The molecule has 0 unspecified atom stereocenters. The van der Waals surface area contributed by atoms with Gasteiger partial charge in [-0.1, -0.05) is 18.2 Å². The second kappa shape index (κ2) is 8.16. The Kier molecular flexibility index (Phi) is 5.71. The SMILES string of the molecule is Cc1cc(N2CCN(CCOc3ccccc3)CC2)nc(N(C)C)n1. The molecule has 3 rings (SSSR count). The van der Waals surface area contributed by atoms with Crippen LogP contribution in [0.25, 0.3) is 0 Å². The van der Waals surface area contributed by atoms with Crippen LogP contribution in [0.5, 0.6) is 5.75 Å². The number of aromatic nitrogens is 2. The number of hydrogen-bond donors (Lipinski definition) is 0. The van der Waals surface area contributed by atoms with E-state index < -0.39 is 0 Å². The van der Waals surface area contributed by atoms with Gasteiger partial charge in [0.15, 0.2) is 0 Å². The van der Waals surface area contributed by atoms with Crippen LogP contribution in [0.3, 0.4) is 0 Å². The summed E-state index contributed by atoms with van der Waals surface area (Å²) in [5.41, 5.74) is 1.01. The number of hydrogen-bond acceptors (Lipinski definition) is 6. The number of piperazine rings is 1. The van der Waals surface area contributed by atoms with E-state index >= 15 is 0 Å². The van der Waals surface area contributed by atoms with E-state index in [0.717, 1.165) is 62.5 Å². The summed E-state index contributed by atoms with van der Waals surface area (Å²) in [5.74, 6) is 2.74. The lowest BCUT2D eigenvalue weighted by Gasteiger charge is -2.35. The van der Waals surface area contributed by atoms with Crippen molar-refractivity contribution in [1.82, 2.24) is 14.9 Å². The molecule has 0 radical (unpaired) electrons. The minimum Gasteiger partial charge on any atom is -0.492 e. The van der Waals surface area contributed by atoms with E-state index in [1.165, 1.54) is 0 Å². The third-order valence-electron chi connectivity index (χ3n) is 4.34. The van der Waals surface area contributed by atoms with Gasteiger partial charge in [-0.3, -0.25) is 4.90 Å². The molecule has 1 aromatic carbocycles.